The Morgan fingerprint density at radius 2 is 2.04 bits per heavy atom. The van der Waals surface area contributed by atoms with Gasteiger partial charge in [0, 0.05) is 18.5 Å². The van der Waals surface area contributed by atoms with E-state index in [0.717, 1.165) is 36.0 Å². The average Bonchev–Trinajstić information content (AvgIpc) is 2.99. The summed E-state index contributed by atoms with van der Waals surface area (Å²) >= 11 is 0. The summed E-state index contributed by atoms with van der Waals surface area (Å²) in [5.41, 5.74) is 9.59. The topological polar surface area (TPSA) is 76.7 Å². The summed E-state index contributed by atoms with van der Waals surface area (Å²) in [6, 6.07) is 16.1. The van der Waals surface area contributed by atoms with Crippen molar-refractivity contribution >= 4 is 11.9 Å². The van der Waals surface area contributed by atoms with E-state index < -0.39 is 0 Å². The van der Waals surface area contributed by atoms with Gasteiger partial charge in [-0.25, -0.2) is 4.99 Å². The van der Waals surface area contributed by atoms with Crippen molar-refractivity contribution in [3.8, 4) is 0 Å². The summed E-state index contributed by atoms with van der Waals surface area (Å²) in [5, 5.41) is 3.02. The Labute approximate surface area is 146 Å². The third-order valence-electron chi connectivity index (χ3n) is 5.01. The molecule has 1 aliphatic heterocycles. The maximum Gasteiger partial charge on any atom is 0.282 e. The fourth-order valence-corrected chi connectivity index (χ4v) is 3.71. The molecule has 2 aromatic carbocycles. The van der Waals surface area contributed by atoms with Crippen LogP contribution in [0.2, 0.25) is 0 Å². The largest absolute Gasteiger partial charge is 0.463 e. The minimum absolute atomic E-state index is 0.0256. The quantitative estimate of drug-likeness (QED) is 0.903. The number of carbonyl (C=O) groups excluding carboxylic acids is 1. The number of nitrogens with zero attached hydrogens (tertiary/aromatic N) is 1. The monoisotopic (exact) mass is 335 g/mol. The summed E-state index contributed by atoms with van der Waals surface area (Å²) in [5.74, 6) is -0.0256. The van der Waals surface area contributed by atoms with Crippen LogP contribution >= 0.6 is 0 Å². The summed E-state index contributed by atoms with van der Waals surface area (Å²) < 4.78 is 5.37. The molecule has 2 aliphatic rings. The molecule has 1 atom stereocenters. The van der Waals surface area contributed by atoms with E-state index in [2.05, 4.69) is 16.4 Å². The van der Waals surface area contributed by atoms with Gasteiger partial charge in [0.05, 0.1) is 0 Å². The maximum absolute atomic E-state index is 12.7. The first-order valence-electron chi connectivity index (χ1n) is 8.56. The number of nitrogens with one attached hydrogen (secondary N) is 1. The van der Waals surface area contributed by atoms with Crippen LogP contribution in [-0.2, 0) is 24.1 Å². The van der Waals surface area contributed by atoms with Gasteiger partial charge in [0.15, 0.2) is 0 Å². The van der Waals surface area contributed by atoms with Crippen molar-refractivity contribution in [1.82, 2.24) is 5.32 Å². The molecular formula is C20H21N3O2. The van der Waals surface area contributed by atoms with E-state index in [0.29, 0.717) is 13.2 Å². The van der Waals surface area contributed by atoms with Gasteiger partial charge in [-0.15, -0.1) is 0 Å². The lowest BCUT2D eigenvalue weighted by Crippen LogP contribution is -2.36. The smallest absolute Gasteiger partial charge is 0.282 e. The number of carbonyl (C=O) groups is 1. The SMILES string of the molecule is NC1=NC2(CCc3c(cccc3C(=O)NCc3ccccc3)C2)CO1. The third kappa shape index (κ3) is 3.09. The van der Waals surface area contributed by atoms with E-state index in [1.165, 1.54) is 5.56 Å². The van der Waals surface area contributed by atoms with E-state index in [1.807, 2.05) is 42.5 Å². The minimum Gasteiger partial charge on any atom is -0.463 e. The lowest BCUT2D eigenvalue weighted by Gasteiger charge is -2.31. The molecule has 0 fully saturated rings. The average molecular weight is 335 g/mol. The van der Waals surface area contributed by atoms with E-state index in [9.17, 15) is 4.79 Å². The molecule has 5 nitrogen and oxygen atoms in total. The molecule has 0 saturated carbocycles. The normalized spacial score (nSPS) is 21.4. The highest BCUT2D eigenvalue weighted by molar-refractivity contribution is 5.96. The zero-order valence-corrected chi connectivity index (χ0v) is 14.0. The van der Waals surface area contributed by atoms with Gasteiger partial charge in [-0.05, 0) is 35.6 Å². The van der Waals surface area contributed by atoms with Gasteiger partial charge in [-0.1, -0.05) is 42.5 Å². The molecule has 5 heteroatoms. The fraction of sp³-hybridized carbons (Fsp3) is 0.300. The second-order valence-electron chi connectivity index (χ2n) is 6.75. The molecule has 0 radical (unpaired) electrons. The van der Waals surface area contributed by atoms with Crippen LogP contribution in [0.15, 0.2) is 53.5 Å². The lowest BCUT2D eigenvalue weighted by atomic mass is 9.77. The van der Waals surface area contributed by atoms with Gasteiger partial charge < -0.3 is 15.8 Å². The standard InChI is InChI=1S/C20H21N3O2/c21-19-23-20(13-25-19)10-9-16-15(11-20)7-4-8-17(16)18(24)22-12-14-5-2-1-3-6-14/h1-8H,9-13H2,(H2,21,23)(H,22,24). The van der Waals surface area contributed by atoms with Gasteiger partial charge in [-0.2, -0.15) is 0 Å². The summed E-state index contributed by atoms with van der Waals surface area (Å²) in [6.07, 6.45) is 2.43. The summed E-state index contributed by atoms with van der Waals surface area (Å²) in [7, 11) is 0. The van der Waals surface area contributed by atoms with Gasteiger partial charge in [0.25, 0.3) is 11.9 Å². The van der Waals surface area contributed by atoms with Gasteiger partial charge >= 0.3 is 0 Å². The van der Waals surface area contributed by atoms with Crippen molar-refractivity contribution in [2.45, 2.75) is 31.3 Å². The number of rotatable bonds is 3. The number of benzene rings is 2. The maximum atomic E-state index is 12.7. The number of ether oxygens (including phenoxy) is 1. The molecule has 128 valence electrons. The van der Waals surface area contributed by atoms with Crippen LogP contribution in [0, 0.1) is 0 Å². The molecule has 1 heterocycles. The zero-order chi connectivity index (χ0) is 17.3. The van der Waals surface area contributed by atoms with Crippen molar-refractivity contribution in [2.24, 2.45) is 10.7 Å². The molecule has 1 amide bonds. The van der Waals surface area contributed by atoms with Crippen molar-refractivity contribution in [2.75, 3.05) is 6.61 Å². The van der Waals surface area contributed by atoms with Crippen molar-refractivity contribution in [3.63, 3.8) is 0 Å². The van der Waals surface area contributed by atoms with Crippen molar-refractivity contribution < 1.29 is 9.53 Å². The molecule has 1 unspecified atom stereocenters. The Balaban J connectivity index is 1.52. The van der Waals surface area contributed by atoms with Crippen LogP contribution in [0.3, 0.4) is 0 Å². The Morgan fingerprint density at radius 3 is 2.80 bits per heavy atom. The van der Waals surface area contributed by atoms with E-state index in [4.69, 9.17) is 10.5 Å². The second-order valence-corrected chi connectivity index (χ2v) is 6.75. The highest BCUT2D eigenvalue weighted by Gasteiger charge is 2.40. The number of aliphatic imine (C=N–C) groups is 1. The first-order chi connectivity index (χ1) is 12.2. The highest BCUT2D eigenvalue weighted by atomic mass is 16.5. The van der Waals surface area contributed by atoms with Gasteiger partial charge in [-0.3, -0.25) is 4.79 Å². The predicted octanol–water partition coefficient (Wildman–Crippen LogP) is 2.19. The van der Waals surface area contributed by atoms with Gasteiger partial charge in [0.2, 0.25) is 0 Å². The molecule has 0 bridgehead atoms. The third-order valence-corrected chi connectivity index (χ3v) is 5.01. The first-order valence-corrected chi connectivity index (χ1v) is 8.56. The van der Waals surface area contributed by atoms with Crippen molar-refractivity contribution in [1.29, 1.82) is 0 Å². The van der Waals surface area contributed by atoms with E-state index in [-0.39, 0.29) is 17.5 Å². The number of nitrogens with two attached hydrogens (primary N) is 1. The Bertz CT molecular complexity index is 832. The van der Waals surface area contributed by atoms with Crippen LogP contribution in [0.4, 0.5) is 0 Å². The second kappa shape index (κ2) is 6.24. The number of amides is 1. The van der Waals surface area contributed by atoms with Crippen LogP contribution in [-0.4, -0.2) is 24.1 Å². The predicted molar refractivity (Wildman–Crippen MR) is 96.4 cm³/mol. The first kappa shape index (κ1) is 15.7. The fourth-order valence-electron chi connectivity index (χ4n) is 3.71. The van der Waals surface area contributed by atoms with Crippen LogP contribution in [0.5, 0.6) is 0 Å². The Morgan fingerprint density at radius 1 is 1.20 bits per heavy atom. The Kier molecular flexibility index (Phi) is 3.92. The number of hydrogen-bond donors (Lipinski definition) is 2. The van der Waals surface area contributed by atoms with Gasteiger partial charge in [0.1, 0.15) is 12.1 Å². The Hall–Kier alpha value is -2.82. The molecule has 0 saturated heterocycles. The molecule has 1 spiro atoms. The number of fused-ring (bicyclic) bond motifs is 1. The van der Waals surface area contributed by atoms with Crippen LogP contribution in [0.25, 0.3) is 0 Å². The van der Waals surface area contributed by atoms with E-state index in [1.54, 1.807) is 0 Å². The molecular weight excluding hydrogens is 314 g/mol. The number of amidine groups is 1. The number of hydrogen-bond acceptors (Lipinski definition) is 4. The highest BCUT2D eigenvalue weighted by Crippen LogP contribution is 2.35. The van der Waals surface area contributed by atoms with Crippen LogP contribution in [0.1, 0.15) is 33.5 Å². The molecule has 4 rings (SSSR count). The lowest BCUT2D eigenvalue weighted by molar-refractivity contribution is 0.0949. The molecule has 25 heavy (non-hydrogen) atoms. The zero-order valence-electron chi connectivity index (χ0n) is 14.0. The van der Waals surface area contributed by atoms with E-state index >= 15 is 0 Å². The summed E-state index contributed by atoms with van der Waals surface area (Å²) in [4.78, 5) is 17.2. The molecule has 1 aliphatic carbocycles. The molecule has 2 aromatic rings. The van der Waals surface area contributed by atoms with Crippen molar-refractivity contribution in [3.05, 3.63) is 70.8 Å². The molecule has 0 aromatic heterocycles. The van der Waals surface area contributed by atoms with Crippen LogP contribution < -0.4 is 11.1 Å². The summed E-state index contributed by atoms with van der Waals surface area (Å²) in [6.45, 7) is 1.06. The molecule has 3 N–H and O–H groups in total. The minimum atomic E-state index is -0.254.